The first-order valence-electron chi connectivity index (χ1n) is 6.01. The number of likely N-dealkylation sites (N-methyl/N-ethyl adjacent to an activating group) is 1. The van der Waals surface area contributed by atoms with Crippen molar-refractivity contribution in [3.8, 4) is 0 Å². The van der Waals surface area contributed by atoms with Gasteiger partial charge in [-0.25, -0.2) is 0 Å². The highest BCUT2D eigenvalue weighted by molar-refractivity contribution is 5.96. The molecule has 0 bridgehead atoms. The fourth-order valence-corrected chi connectivity index (χ4v) is 1.87. The third-order valence-electron chi connectivity index (χ3n) is 2.87. The average Bonchev–Trinajstić information content (AvgIpc) is 2.43. The highest BCUT2D eigenvalue weighted by atomic mass is 16.2. The Morgan fingerprint density at radius 1 is 1.39 bits per heavy atom. The number of benzene rings is 1. The molecule has 0 N–H and O–H groups in total. The molecule has 1 aromatic heterocycles. The molecule has 0 unspecified atom stereocenters. The predicted molar refractivity (Wildman–Crippen MR) is 73.5 cm³/mol. The van der Waals surface area contributed by atoms with Crippen LogP contribution in [0.5, 0.6) is 0 Å². The molecule has 1 heterocycles. The maximum atomic E-state index is 12.2. The van der Waals surface area contributed by atoms with Gasteiger partial charge in [-0.1, -0.05) is 30.3 Å². The molecular weight excluding hydrogens is 224 g/mol. The highest BCUT2D eigenvalue weighted by Crippen LogP contribution is 2.14. The molecule has 0 fully saturated rings. The second-order valence-corrected chi connectivity index (χ2v) is 4.05. The van der Waals surface area contributed by atoms with Crippen LogP contribution in [0.2, 0.25) is 0 Å². The fraction of sp³-hybridized carbons (Fsp3) is 0.200. The van der Waals surface area contributed by atoms with Crippen molar-refractivity contribution in [1.82, 2.24) is 9.88 Å². The van der Waals surface area contributed by atoms with Crippen molar-refractivity contribution in [3.05, 3.63) is 54.9 Å². The minimum atomic E-state index is -0.0526. The Morgan fingerprint density at radius 2 is 2.11 bits per heavy atom. The highest BCUT2D eigenvalue weighted by Gasteiger charge is 2.14. The molecule has 0 aliphatic rings. The molecule has 2 rings (SSSR count). The van der Waals surface area contributed by atoms with Gasteiger partial charge in [0.2, 0.25) is 0 Å². The number of hydrogen-bond donors (Lipinski definition) is 0. The van der Waals surface area contributed by atoms with Crippen molar-refractivity contribution in [1.29, 1.82) is 0 Å². The van der Waals surface area contributed by atoms with Crippen molar-refractivity contribution >= 4 is 16.7 Å². The van der Waals surface area contributed by atoms with Gasteiger partial charge in [-0.2, -0.15) is 0 Å². The minimum absolute atomic E-state index is 0.0526. The summed E-state index contributed by atoms with van der Waals surface area (Å²) in [6, 6.07) is 9.72. The monoisotopic (exact) mass is 240 g/mol. The van der Waals surface area contributed by atoms with E-state index in [1.54, 1.807) is 17.2 Å². The first-order chi connectivity index (χ1) is 8.76. The van der Waals surface area contributed by atoms with Crippen LogP contribution in [-0.4, -0.2) is 28.9 Å². The quantitative estimate of drug-likeness (QED) is 0.770. The van der Waals surface area contributed by atoms with E-state index >= 15 is 0 Å². The van der Waals surface area contributed by atoms with Gasteiger partial charge in [0.15, 0.2) is 0 Å². The van der Waals surface area contributed by atoms with Gasteiger partial charge in [0.25, 0.3) is 5.91 Å². The maximum absolute atomic E-state index is 12.2. The van der Waals surface area contributed by atoms with E-state index < -0.39 is 0 Å². The molecule has 0 spiro atoms. The lowest BCUT2D eigenvalue weighted by atomic mass is 10.1. The summed E-state index contributed by atoms with van der Waals surface area (Å²) in [6.45, 7) is 6.80. The molecule has 1 aromatic carbocycles. The van der Waals surface area contributed by atoms with Crippen LogP contribution in [0.3, 0.4) is 0 Å². The molecule has 0 atom stereocenters. The van der Waals surface area contributed by atoms with Gasteiger partial charge in [0, 0.05) is 24.7 Å². The van der Waals surface area contributed by atoms with E-state index in [0.717, 1.165) is 10.8 Å². The van der Waals surface area contributed by atoms with Crippen LogP contribution in [0.4, 0.5) is 0 Å². The van der Waals surface area contributed by atoms with E-state index in [9.17, 15) is 4.79 Å². The second-order valence-electron chi connectivity index (χ2n) is 4.05. The smallest absolute Gasteiger partial charge is 0.272 e. The molecule has 92 valence electrons. The number of carbonyl (C=O) groups is 1. The minimum Gasteiger partial charge on any atom is -0.334 e. The van der Waals surface area contributed by atoms with Crippen LogP contribution in [0, 0.1) is 0 Å². The molecule has 0 saturated heterocycles. The summed E-state index contributed by atoms with van der Waals surface area (Å²) >= 11 is 0. The lowest BCUT2D eigenvalue weighted by molar-refractivity contribution is 0.0776. The molecule has 2 aromatic rings. The molecule has 3 nitrogen and oxygen atoms in total. The van der Waals surface area contributed by atoms with Gasteiger partial charge < -0.3 is 4.90 Å². The number of hydrogen-bond acceptors (Lipinski definition) is 2. The fourth-order valence-electron chi connectivity index (χ4n) is 1.87. The van der Waals surface area contributed by atoms with Crippen molar-refractivity contribution in [3.63, 3.8) is 0 Å². The Hall–Kier alpha value is -2.16. The molecule has 3 heteroatoms. The van der Waals surface area contributed by atoms with Crippen LogP contribution in [0.15, 0.2) is 49.2 Å². The lowest BCUT2D eigenvalue weighted by Gasteiger charge is -2.18. The first-order valence-corrected chi connectivity index (χ1v) is 6.01. The molecule has 0 aliphatic carbocycles. The number of amides is 1. The van der Waals surface area contributed by atoms with Crippen LogP contribution in [0.1, 0.15) is 17.4 Å². The van der Waals surface area contributed by atoms with Crippen LogP contribution in [-0.2, 0) is 0 Å². The number of nitrogens with zero attached hydrogens (tertiary/aromatic N) is 2. The van der Waals surface area contributed by atoms with Gasteiger partial charge in [0.1, 0.15) is 5.69 Å². The zero-order valence-corrected chi connectivity index (χ0v) is 10.5. The van der Waals surface area contributed by atoms with Crippen molar-refractivity contribution < 1.29 is 4.79 Å². The molecule has 0 aliphatic heterocycles. The Morgan fingerprint density at radius 3 is 2.78 bits per heavy atom. The van der Waals surface area contributed by atoms with Crippen molar-refractivity contribution in [2.75, 3.05) is 13.1 Å². The van der Waals surface area contributed by atoms with E-state index in [1.165, 1.54) is 0 Å². The average molecular weight is 240 g/mol. The molecule has 18 heavy (non-hydrogen) atoms. The van der Waals surface area contributed by atoms with E-state index in [4.69, 9.17) is 0 Å². The SMILES string of the molecule is C=CCN(CC)C(=O)c1cc2ccccc2cn1. The van der Waals surface area contributed by atoms with Crippen molar-refractivity contribution in [2.24, 2.45) is 0 Å². The topological polar surface area (TPSA) is 33.2 Å². The summed E-state index contributed by atoms with van der Waals surface area (Å²) in [5.41, 5.74) is 0.484. The summed E-state index contributed by atoms with van der Waals surface area (Å²) in [4.78, 5) is 18.2. The van der Waals surface area contributed by atoms with Crippen LogP contribution < -0.4 is 0 Å². The normalized spacial score (nSPS) is 10.3. The van der Waals surface area contributed by atoms with E-state index in [-0.39, 0.29) is 5.91 Å². The van der Waals surface area contributed by atoms with Gasteiger partial charge in [-0.15, -0.1) is 6.58 Å². The van der Waals surface area contributed by atoms with Gasteiger partial charge in [-0.05, 0) is 18.4 Å². The standard InChI is InChI=1S/C15H16N2O/c1-3-9-17(4-2)15(18)14-10-12-7-5-6-8-13(12)11-16-14/h3,5-8,10-11H,1,4,9H2,2H3. The van der Waals surface area contributed by atoms with Gasteiger partial charge in [-0.3, -0.25) is 9.78 Å². The zero-order valence-electron chi connectivity index (χ0n) is 10.5. The number of rotatable bonds is 4. The number of fused-ring (bicyclic) bond motifs is 1. The van der Waals surface area contributed by atoms with E-state index in [2.05, 4.69) is 11.6 Å². The summed E-state index contributed by atoms with van der Waals surface area (Å²) in [7, 11) is 0. The van der Waals surface area contributed by atoms with Crippen molar-refractivity contribution in [2.45, 2.75) is 6.92 Å². The number of carbonyl (C=O) groups excluding carboxylic acids is 1. The largest absolute Gasteiger partial charge is 0.334 e. The second kappa shape index (κ2) is 5.45. The number of pyridine rings is 1. The first kappa shape index (κ1) is 12.3. The summed E-state index contributed by atoms with van der Waals surface area (Å²) in [5.74, 6) is -0.0526. The zero-order chi connectivity index (χ0) is 13.0. The van der Waals surface area contributed by atoms with Gasteiger partial charge in [0.05, 0.1) is 0 Å². The van der Waals surface area contributed by atoms with Crippen LogP contribution in [0.25, 0.3) is 10.8 Å². The molecule has 0 saturated carbocycles. The predicted octanol–water partition coefficient (Wildman–Crippen LogP) is 2.88. The summed E-state index contributed by atoms with van der Waals surface area (Å²) in [6.07, 6.45) is 3.47. The molecular formula is C15H16N2O. The third kappa shape index (κ3) is 2.40. The Kier molecular flexibility index (Phi) is 3.72. The van der Waals surface area contributed by atoms with E-state index in [0.29, 0.717) is 18.8 Å². The van der Waals surface area contributed by atoms with Gasteiger partial charge >= 0.3 is 0 Å². The van der Waals surface area contributed by atoms with E-state index in [1.807, 2.05) is 37.3 Å². The lowest BCUT2D eigenvalue weighted by Crippen LogP contribution is -2.31. The third-order valence-corrected chi connectivity index (χ3v) is 2.87. The Labute approximate surface area is 107 Å². The van der Waals surface area contributed by atoms with Crippen LogP contribution >= 0.6 is 0 Å². The number of aromatic nitrogens is 1. The Bertz CT molecular complexity index is 577. The Balaban J connectivity index is 2.35. The molecule has 0 radical (unpaired) electrons. The summed E-state index contributed by atoms with van der Waals surface area (Å²) in [5, 5.41) is 2.08. The maximum Gasteiger partial charge on any atom is 0.272 e. The molecule has 1 amide bonds. The summed E-state index contributed by atoms with van der Waals surface area (Å²) < 4.78 is 0.